The highest BCUT2D eigenvalue weighted by Gasteiger charge is 2.16. The molecule has 0 atom stereocenters. The number of hydrogen-bond acceptors (Lipinski definition) is 3. The molecule has 5 heteroatoms. The van der Waals surface area contributed by atoms with Gasteiger partial charge in [-0.15, -0.1) is 0 Å². The molecule has 0 spiro atoms. The van der Waals surface area contributed by atoms with Crippen molar-refractivity contribution < 1.29 is 19.4 Å². The third-order valence-electron chi connectivity index (χ3n) is 3.28. The number of fused-ring (bicyclic) bond motifs is 1. The van der Waals surface area contributed by atoms with Crippen molar-refractivity contribution in [2.75, 3.05) is 6.61 Å². The molecule has 0 unspecified atom stereocenters. The summed E-state index contributed by atoms with van der Waals surface area (Å²) >= 11 is 0. The monoisotopic (exact) mass is 271 g/mol. The molecule has 1 aliphatic heterocycles. The minimum Gasteiger partial charge on any atom is -0.493 e. The van der Waals surface area contributed by atoms with Gasteiger partial charge in [-0.05, 0) is 29.8 Å². The van der Waals surface area contributed by atoms with E-state index in [1.165, 1.54) is 4.57 Å². The number of rotatable bonds is 4. The third-order valence-corrected chi connectivity index (χ3v) is 3.28. The Morgan fingerprint density at radius 1 is 1.25 bits per heavy atom. The highest BCUT2D eigenvalue weighted by Crippen LogP contribution is 2.26. The van der Waals surface area contributed by atoms with Crippen molar-refractivity contribution in [2.45, 2.75) is 13.0 Å². The van der Waals surface area contributed by atoms with Crippen LogP contribution in [0.5, 0.6) is 5.75 Å². The summed E-state index contributed by atoms with van der Waals surface area (Å²) < 4.78 is 6.88. The van der Waals surface area contributed by atoms with E-state index in [-0.39, 0.29) is 12.3 Å². The predicted octanol–water partition coefficient (Wildman–Crippen LogP) is 1.74. The van der Waals surface area contributed by atoms with Crippen molar-refractivity contribution in [3.05, 3.63) is 53.3 Å². The van der Waals surface area contributed by atoms with Gasteiger partial charge >= 0.3 is 5.97 Å². The Kier molecular flexibility index (Phi) is 3.02. The fourth-order valence-corrected chi connectivity index (χ4v) is 2.32. The number of carboxylic acid groups (broad SMARTS) is 1. The topological polar surface area (TPSA) is 68.5 Å². The largest absolute Gasteiger partial charge is 0.493 e. The van der Waals surface area contributed by atoms with Crippen LogP contribution in [0.2, 0.25) is 0 Å². The maximum Gasteiger partial charge on any atom is 0.323 e. The molecule has 0 bridgehead atoms. The van der Waals surface area contributed by atoms with Crippen LogP contribution >= 0.6 is 0 Å². The summed E-state index contributed by atoms with van der Waals surface area (Å²) in [6.45, 7) is 0.507. The lowest BCUT2D eigenvalue weighted by Gasteiger charge is -2.02. The summed E-state index contributed by atoms with van der Waals surface area (Å²) in [4.78, 5) is 23.0. The standard InChI is InChI=1S/C15H13NO4/c17-14(18)9-16-5-3-12(8-16)15(19)11-1-2-13-10(7-11)4-6-20-13/h1-3,5,7-8H,4,6,9H2,(H,17,18). The van der Waals surface area contributed by atoms with Crippen LogP contribution in [-0.2, 0) is 17.8 Å². The van der Waals surface area contributed by atoms with E-state index < -0.39 is 5.97 Å². The number of carbonyl (C=O) groups excluding carboxylic acids is 1. The van der Waals surface area contributed by atoms with E-state index in [4.69, 9.17) is 9.84 Å². The second kappa shape index (κ2) is 4.85. The van der Waals surface area contributed by atoms with Crippen molar-refractivity contribution in [3.63, 3.8) is 0 Å². The van der Waals surface area contributed by atoms with E-state index in [1.807, 2.05) is 12.1 Å². The number of ketones is 1. The number of ether oxygens (including phenoxy) is 1. The molecule has 2 heterocycles. The Hall–Kier alpha value is -2.56. The Morgan fingerprint density at radius 2 is 2.10 bits per heavy atom. The van der Waals surface area contributed by atoms with E-state index in [0.717, 1.165) is 17.7 Å². The number of benzene rings is 1. The average molecular weight is 271 g/mol. The van der Waals surface area contributed by atoms with Gasteiger partial charge in [0.25, 0.3) is 0 Å². The molecule has 0 fully saturated rings. The zero-order valence-corrected chi connectivity index (χ0v) is 10.7. The van der Waals surface area contributed by atoms with Crippen molar-refractivity contribution in [2.24, 2.45) is 0 Å². The Morgan fingerprint density at radius 3 is 2.90 bits per heavy atom. The number of carboxylic acids is 1. The zero-order chi connectivity index (χ0) is 14.1. The molecule has 0 saturated carbocycles. The smallest absolute Gasteiger partial charge is 0.323 e. The highest BCUT2D eigenvalue weighted by atomic mass is 16.5. The second-order valence-electron chi connectivity index (χ2n) is 4.72. The molecule has 1 aliphatic rings. The Labute approximate surface area is 115 Å². The first kappa shape index (κ1) is 12.5. The lowest BCUT2D eigenvalue weighted by molar-refractivity contribution is -0.137. The maximum atomic E-state index is 12.3. The van der Waals surface area contributed by atoms with Gasteiger partial charge in [-0.3, -0.25) is 9.59 Å². The number of nitrogens with zero attached hydrogens (tertiary/aromatic N) is 1. The highest BCUT2D eigenvalue weighted by molar-refractivity contribution is 6.09. The normalized spacial score (nSPS) is 12.8. The summed E-state index contributed by atoms with van der Waals surface area (Å²) in [6, 6.07) is 7.03. The van der Waals surface area contributed by atoms with Crippen molar-refractivity contribution in [1.29, 1.82) is 0 Å². The summed E-state index contributed by atoms with van der Waals surface area (Å²) in [6.07, 6.45) is 3.97. The first-order chi connectivity index (χ1) is 9.63. The first-order valence-electron chi connectivity index (χ1n) is 6.31. The van der Waals surface area contributed by atoms with Gasteiger partial charge in [0, 0.05) is 29.9 Å². The molecular formula is C15H13NO4. The van der Waals surface area contributed by atoms with E-state index in [9.17, 15) is 9.59 Å². The van der Waals surface area contributed by atoms with Gasteiger partial charge in [-0.2, -0.15) is 0 Å². The lowest BCUT2D eigenvalue weighted by atomic mass is 10.0. The van der Waals surface area contributed by atoms with Crippen LogP contribution in [-0.4, -0.2) is 28.0 Å². The fraction of sp³-hybridized carbons (Fsp3) is 0.200. The number of carbonyl (C=O) groups is 2. The Bertz CT molecular complexity index is 687. The van der Waals surface area contributed by atoms with Gasteiger partial charge in [0.05, 0.1) is 6.61 Å². The molecule has 5 nitrogen and oxygen atoms in total. The van der Waals surface area contributed by atoms with Crippen LogP contribution in [0.15, 0.2) is 36.7 Å². The van der Waals surface area contributed by atoms with Crippen molar-refractivity contribution in [1.82, 2.24) is 4.57 Å². The molecule has 0 aliphatic carbocycles. The van der Waals surface area contributed by atoms with Gasteiger partial charge in [0.2, 0.25) is 0 Å². The van der Waals surface area contributed by atoms with E-state index in [1.54, 1.807) is 24.5 Å². The third kappa shape index (κ3) is 2.30. The molecule has 1 N–H and O–H groups in total. The second-order valence-corrected chi connectivity index (χ2v) is 4.72. The van der Waals surface area contributed by atoms with E-state index in [0.29, 0.717) is 17.7 Å². The van der Waals surface area contributed by atoms with Gasteiger partial charge in [-0.25, -0.2) is 0 Å². The van der Waals surface area contributed by atoms with Crippen LogP contribution in [0.1, 0.15) is 21.5 Å². The first-order valence-corrected chi connectivity index (χ1v) is 6.31. The minimum atomic E-state index is -0.936. The molecule has 0 amide bonds. The number of aromatic nitrogens is 1. The predicted molar refractivity (Wildman–Crippen MR) is 71.1 cm³/mol. The van der Waals surface area contributed by atoms with Gasteiger partial charge in [0.15, 0.2) is 5.78 Å². The summed E-state index contributed by atoms with van der Waals surface area (Å²) in [7, 11) is 0. The van der Waals surface area contributed by atoms with Gasteiger partial charge in [0.1, 0.15) is 12.3 Å². The molecule has 0 saturated heterocycles. The van der Waals surface area contributed by atoms with E-state index in [2.05, 4.69) is 0 Å². The molecule has 102 valence electrons. The number of hydrogen-bond donors (Lipinski definition) is 1. The molecule has 1 aromatic heterocycles. The summed E-state index contributed by atoms with van der Waals surface area (Å²) in [5.74, 6) is -0.205. The molecule has 1 aromatic carbocycles. The molecule has 3 rings (SSSR count). The maximum absolute atomic E-state index is 12.3. The Balaban J connectivity index is 1.85. The molecular weight excluding hydrogens is 258 g/mol. The van der Waals surface area contributed by atoms with Crippen LogP contribution in [0.25, 0.3) is 0 Å². The minimum absolute atomic E-state index is 0.108. The fourth-order valence-electron chi connectivity index (χ4n) is 2.32. The quantitative estimate of drug-likeness (QED) is 0.860. The van der Waals surface area contributed by atoms with Crippen LogP contribution in [0.3, 0.4) is 0 Å². The SMILES string of the molecule is O=C(O)Cn1ccc(C(=O)c2ccc3c(c2)CCO3)c1. The molecule has 0 radical (unpaired) electrons. The molecule has 2 aromatic rings. The van der Waals surface area contributed by atoms with Crippen molar-refractivity contribution in [3.8, 4) is 5.75 Å². The molecule has 20 heavy (non-hydrogen) atoms. The van der Waals surface area contributed by atoms with E-state index >= 15 is 0 Å². The summed E-state index contributed by atoms with van der Waals surface area (Å²) in [5, 5.41) is 8.72. The van der Waals surface area contributed by atoms with Gasteiger partial charge in [-0.1, -0.05) is 0 Å². The van der Waals surface area contributed by atoms with Crippen molar-refractivity contribution >= 4 is 11.8 Å². The number of aliphatic carboxylic acids is 1. The van der Waals surface area contributed by atoms with Crippen LogP contribution in [0.4, 0.5) is 0 Å². The lowest BCUT2D eigenvalue weighted by Crippen LogP contribution is -2.07. The zero-order valence-electron chi connectivity index (χ0n) is 10.7. The summed E-state index contributed by atoms with van der Waals surface area (Å²) in [5.41, 5.74) is 2.13. The van der Waals surface area contributed by atoms with Crippen LogP contribution < -0.4 is 4.74 Å². The average Bonchev–Trinajstić information content (AvgIpc) is 3.04. The van der Waals surface area contributed by atoms with Crippen LogP contribution in [0, 0.1) is 0 Å². The van der Waals surface area contributed by atoms with Gasteiger partial charge < -0.3 is 14.4 Å².